The van der Waals surface area contributed by atoms with Gasteiger partial charge in [-0.3, -0.25) is 9.59 Å². The van der Waals surface area contributed by atoms with Gasteiger partial charge in [-0.25, -0.2) is 0 Å². The van der Waals surface area contributed by atoms with E-state index in [0.29, 0.717) is 17.0 Å². The van der Waals surface area contributed by atoms with Crippen LogP contribution < -0.4 is 9.64 Å². The highest BCUT2D eigenvalue weighted by atomic mass is 79.9. The molecule has 0 saturated heterocycles. The van der Waals surface area contributed by atoms with Gasteiger partial charge in [0.1, 0.15) is 18.1 Å². The summed E-state index contributed by atoms with van der Waals surface area (Å²) in [5.74, 6) is -0.0330. The van der Waals surface area contributed by atoms with E-state index in [1.807, 2.05) is 48.5 Å². The fraction of sp³-hybridized carbons (Fsp3) is 0.217. The average molecular weight is 454 g/mol. The average Bonchev–Trinajstić information content (AvgIpc) is 2.89. The summed E-state index contributed by atoms with van der Waals surface area (Å²) >= 11 is 3.38. The smallest absolute Gasteiger partial charge is 0.264 e. The van der Waals surface area contributed by atoms with Gasteiger partial charge in [-0.15, -0.1) is 0 Å². The first-order chi connectivity index (χ1) is 13.9. The fourth-order valence-corrected chi connectivity index (χ4v) is 4.15. The number of anilines is 1. The number of benzene rings is 3. The largest absolute Gasteiger partial charge is 0.492 e. The van der Waals surface area contributed by atoms with Crippen LogP contribution in [-0.2, 0) is 15.2 Å². The van der Waals surface area contributed by atoms with E-state index in [-0.39, 0.29) is 25.4 Å². The maximum Gasteiger partial charge on any atom is 0.264 e. The molecule has 1 heterocycles. The quantitative estimate of drug-likeness (QED) is 0.607. The molecule has 5 nitrogen and oxygen atoms in total. The van der Waals surface area contributed by atoms with Gasteiger partial charge < -0.3 is 14.7 Å². The second-order valence-corrected chi connectivity index (χ2v) is 8.13. The van der Waals surface area contributed by atoms with Crippen LogP contribution in [0.5, 0.6) is 5.75 Å². The van der Waals surface area contributed by atoms with Crippen molar-refractivity contribution in [1.29, 1.82) is 0 Å². The zero-order chi connectivity index (χ0) is 20.6. The summed E-state index contributed by atoms with van der Waals surface area (Å²) in [6, 6.07) is 19.1. The predicted octanol–water partition coefficient (Wildman–Crippen LogP) is 4.19. The highest BCUT2D eigenvalue weighted by Gasteiger charge is 2.50. The number of aliphatic hydroxyl groups is 1. The first-order valence-electron chi connectivity index (χ1n) is 9.34. The minimum atomic E-state index is -1.84. The molecule has 0 aromatic heterocycles. The Morgan fingerprint density at radius 3 is 2.62 bits per heavy atom. The summed E-state index contributed by atoms with van der Waals surface area (Å²) in [7, 11) is 0. The number of hydrogen-bond acceptors (Lipinski definition) is 4. The molecule has 1 amide bonds. The minimum absolute atomic E-state index is 0.249. The number of nitrogens with zero attached hydrogens (tertiary/aromatic N) is 1. The van der Waals surface area contributed by atoms with Gasteiger partial charge in [-0.05, 0) is 48.0 Å². The van der Waals surface area contributed by atoms with E-state index in [1.165, 1.54) is 11.8 Å². The number of fused-ring (bicyclic) bond motifs is 2. The molecule has 148 valence electrons. The third-order valence-electron chi connectivity index (χ3n) is 5.10. The molecule has 1 unspecified atom stereocenters. The lowest BCUT2D eigenvalue weighted by Gasteiger charge is -2.22. The zero-order valence-corrected chi connectivity index (χ0v) is 17.5. The first-order valence-corrected chi connectivity index (χ1v) is 10.1. The van der Waals surface area contributed by atoms with E-state index in [2.05, 4.69) is 15.9 Å². The van der Waals surface area contributed by atoms with Gasteiger partial charge in [0.15, 0.2) is 5.60 Å². The van der Waals surface area contributed by atoms with Crippen molar-refractivity contribution in [3.8, 4) is 5.75 Å². The predicted molar refractivity (Wildman–Crippen MR) is 115 cm³/mol. The Hall–Kier alpha value is -2.70. The van der Waals surface area contributed by atoms with E-state index in [1.54, 1.807) is 12.1 Å². The van der Waals surface area contributed by atoms with Crippen LogP contribution in [-0.4, -0.2) is 29.9 Å². The van der Waals surface area contributed by atoms with E-state index >= 15 is 0 Å². The van der Waals surface area contributed by atoms with Crippen LogP contribution >= 0.6 is 15.9 Å². The van der Waals surface area contributed by atoms with Crippen LogP contribution in [0.4, 0.5) is 5.69 Å². The van der Waals surface area contributed by atoms with Crippen molar-refractivity contribution in [3.05, 3.63) is 70.7 Å². The summed E-state index contributed by atoms with van der Waals surface area (Å²) in [6.45, 7) is 1.89. The molecule has 4 rings (SSSR count). The molecule has 0 radical (unpaired) electrons. The molecule has 1 atom stereocenters. The minimum Gasteiger partial charge on any atom is -0.492 e. The SMILES string of the molecule is CC(=O)CC1(O)C(=O)N(CCOc2ccc3ccccc3c2)c2ccc(Br)cc21. The van der Waals surface area contributed by atoms with Crippen molar-refractivity contribution in [3.63, 3.8) is 0 Å². The second kappa shape index (κ2) is 7.61. The molecule has 0 spiro atoms. The Labute approximate surface area is 177 Å². The Morgan fingerprint density at radius 2 is 1.86 bits per heavy atom. The van der Waals surface area contributed by atoms with Crippen LogP contribution in [0.25, 0.3) is 10.8 Å². The maximum absolute atomic E-state index is 13.0. The van der Waals surface area contributed by atoms with Crippen LogP contribution in [0.3, 0.4) is 0 Å². The molecule has 1 N–H and O–H groups in total. The fourth-order valence-electron chi connectivity index (χ4n) is 3.79. The topological polar surface area (TPSA) is 66.8 Å². The lowest BCUT2D eigenvalue weighted by atomic mass is 9.90. The second-order valence-electron chi connectivity index (χ2n) is 7.21. The normalized spacial score (nSPS) is 18.2. The summed E-state index contributed by atoms with van der Waals surface area (Å²) < 4.78 is 6.60. The molecule has 0 saturated carbocycles. The number of hydrogen-bond donors (Lipinski definition) is 1. The van der Waals surface area contributed by atoms with Gasteiger partial charge in [0, 0.05) is 16.5 Å². The number of halogens is 1. The standard InChI is InChI=1S/C23H20BrNO4/c1-15(26)14-23(28)20-13-18(24)7-9-21(20)25(22(23)27)10-11-29-19-8-6-16-4-2-3-5-17(16)12-19/h2-9,12-13,28H,10-11,14H2,1H3. The van der Waals surface area contributed by atoms with E-state index in [0.717, 1.165) is 15.2 Å². The van der Waals surface area contributed by atoms with Gasteiger partial charge in [0.25, 0.3) is 5.91 Å². The van der Waals surface area contributed by atoms with Gasteiger partial charge in [0.2, 0.25) is 0 Å². The molecule has 1 aliphatic rings. The molecule has 0 fully saturated rings. The lowest BCUT2D eigenvalue weighted by Crippen LogP contribution is -2.43. The lowest BCUT2D eigenvalue weighted by molar-refractivity contribution is -0.141. The van der Waals surface area contributed by atoms with Gasteiger partial charge >= 0.3 is 0 Å². The number of Topliss-reactive ketones (excluding diaryl/α,β-unsaturated/α-hetero) is 1. The van der Waals surface area contributed by atoms with Crippen molar-refractivity contribution < 1.29 is 19.4 Å². The van der Waals surface area contributed by atoms with E-state index in [4.69, 9.17) is 4.74 Å². The highest BCUT2D eigenvalue weighted by molar-refractivity contribution is 9.10. The van der Waals surface area contributed by atoms with Crippen LogP contribution in [0.1, 0.15) is 18.9 Å². The summed E-state index contributed by atoms with van der Waals surface area (Å²) in [6.07, 6.45) is -0.253. The van der Waals surface area contributed by atoms with Crippen molar-refractivity contribution >= 4 is 44.1 Å². The Morgan fingerprint density at radius 1 is 1.10 bits per heavy atom. The number of ketones is 1. The van der Waals surface area contributed by atoms with Crippen molar-refractivity contribution in [2.24, 2.45) is 0 Å². The van der Waals surface area contributed by atoms with E-state index in [9.17, 15) is 14.7 Å². The summed E-state index contributed by atoms with van der Waals surface area (Å²) in [5, 5.41) is 13.2. The summed E-state index contributed by atoms with van der Waals surface area (Å²) in [4.78, 5) is 26.2. The number of carbonyl (C=O) groups is 2. The monoisotopic (exact) mass is 453 g/mol. The number of carbonyl (C=O) groups excluding carboxylic acids is 2. The third-order valence-corrected chi connectivity index (χ3v) is 5.60. The number of ether oxygens (including phenoxy) is 1. The van der Waals surface area contributed by atoms with Crippen molar-refractivity contribution in [2.75, 3.05) is 18.1 Å². The molecule has 3 aromatic rings. The molecule has 6 heteroatoms. The Kier molecular flexibility index (Phi) is 5.15. The zero-order valence-electron chi connectivity index (χ0n) is 15.9. The summed E-state index contributed by atoms with van der Waals surface area (Å²) in [5.41, 5.74) is -0.796. The third kappa shape index (κ3) is 3.66. The molecule has 29 heavy (non-hydrogen) atoms. The van der Waals surface area contributed by atoms with Crippen LogP contribution in [0.2, 0.25) is 0 Å². The van der Waals surface area contributed by atoms with Gasteiger partial charge in [-0.1, -0.05) is 46.3 Å². The van der Waals surface area contributed by atoms with Crippen molar-refractivity contribution in [2.45, 2.75) is 18.9 Å². The molecule has 1 aliphatic heterocycles. The van der Waals surface area contributed by atoms with Gasteiger partial charge in [-0.2, -0.15) is 0 Å². The molecular formula is C23H20BrNO4. The van der Waals surface area contributed by atoms with Crippen LogP contribution in [0, 0.1) is 0 Å². The highest BCUT2D eigenvalue weighted by Crippen LogP contribution is 2.43. The molecule has 0 bridgehead atoms. The van der Waals surface area contributed by atoms with Gasteiger partial charge in [0.05, 0.1) is 12.2 Å². The number of rotatable bonds is 6. The van der Waals surface area contributed by atoms with Crippen molar-refractivity contribution in [1.82, 2.24) is 0 Å². The first kappa shape index (κ1) is 19.6. The maximum atomic E-state index is 13.0. The van der Waals surface area contributed by atoms with Crippen LogP contribution in [0.15, 0.2) is 65.1 Å². The molecule has 3 aromatic carbocycles. The molecule has 0 aliphatic carbocycles. The van der Waals surface area contributed by atoms with E-state index < -0.39 is 11.5 Å². The Bertz CT molecular complexity index is 1110. The Balaban J connectivity index is 1.53. The molecular weight excluding hydrogens is 434 g/mol. The number of amides is 1.